The van der Waals surface area contributed by atoms with Gasteiger partial charge in [-0.1, -0.05) is 64.8 Å². The van der Waals surface area contributed by atoms with Crippen LogP contribution in [0, 0.1) is 22.7 Å². The number of ether oxygens (including phenoxy) is 2. The Kier molecular flexibility index (Phi) is 13.4. The Morgan fingerprint density at radius 3 is 1.95 bits per heavy atom. The Balaban J connectivity index is 0.900. The van der Waals surface area contributed by atoms with Gasteiger partial charge in [-0.05, 0) is 151 Å². The summed E-state index contributed by atoms with van der Waals surface area (Å²) in [6.07, 6.45) is 9.48. The van der Waals surface area contributed by atoms with Crippen molar-refractivity contribution in [3.8, 4) is 11.5 Å². The first-order chi connectivity index (χ1) is 30.0. The molecule has 13 nitrogen and oxygen atoms in total. The van der Waals surface area contributed by atoms with E-state index in [1.165, 1.54) is 16.7 Å². The molecule has 6 amide bonds. The molecule has 4 aliphatic carbocycles. The Bertz CT molecular complexity index is 2210. The van der Waals surface area contributed by atoms with Crippen molar-refractivity contribution < 1.29 is 38.6 Å². The highest BCUT2D eigenvalue weighted by Crippen LogP contribution is 2.60. The number of urea groups is 1. The quantitative estimate of drug-likeness (QED) is 0.0696. The first-order valence-corrected chi connectivity index (χ1v) is 22.8. The lowest BCUT2D eigenvalue weighted by Gasteiger charge is -2.56. The molecular weight excluding hydrogens is 799 g/mol. The minimum atomic E-state index is -0.730. The molecule has 0 radical (unpaired) electrons. The molecule has 7 rings (SSSR count). The highest BCUT2D eigenvalue weighted by atomic mass is 16.5. The number of imide groups is 1. The molecule has 4 aliphatic rings. The van der Waals surface area contributed by atoms with E-state index in [2.05, 4.69) is 61.1 Å². The summed E-state index contributed by atoms with van der Waals surface area (Å²) < 4.78 is 11.5. The Morgan fingerprint density at radius 2 is 1.33 bits per heavy atom. The molecule has 338 valence electrons. The number of nitrogens with one attached hydrogen (secondary N) is 4. The largest absolute Gasteiger partial charge is 0.508 e. The third-order valence-electron chi connectivity index (χ3n) is 15.3. The van der Waals surface area contributed by atoms with Gasteiger partial charge in [-0.15, -0.1) is 0 Å². The van der Waals surface area contributed by atoms with Crippen LogP contribution in [0.15, 0.2) is 60.7 Å². The molecule has 2 fully saturated rings. The maximum atomic E-state index is 14.6. The van der Waals surface area contributed by atoms with Crippen LogP contribution in [-0.2, 0) is 49.4 Å². The monoisotopic (exact) mass is 863 g/mol. The van der Waals surface area contributed by atoms with E-state index in [0.29, 0.717) is 37.2 Å². The number of unbranched alkanes of at least 4 members (excludes halogenated alkanes) is 1. The number of rotatable bonds is 14. The van der Waals surface area contributed by atoms with Crippen molar-refractivity contribution in [2.24, 2.45) is 28.4 Å². The summed E-state index contributed by atoms with van der Waals surface area (Å²) >= 11 is 0. The van der Waals surface area contributed by atoms with Gasteiger partial charge in [0.05, 0.1) is 17.4 Å². The van der Waals surface area contributed by atoms with E-state index in [-0.39, 0.29) is 65.9 Å². The maximum absolute atomic E-state index is 14.6. The van der Waals surface area contributed by atoms with Gasteiger partial charge < -0.3 is 36.3 Å². The number of phenolic OH excluding ortho intramolecular Hbond substituents is 1. The molecule has 0 spiro atoms. The van der Waals surface area contributed by atoms with E-state index < -0.39 is 23.0 Å². The van der Waals surface area contributed by atoms with Crippen LogP contribution in [-0.4, -0.2) is 54.6 Å². The molecule has 3 aromatic carbocycles. The second-order valence-corrected chi connectivity index (χ2v) is 19.3. The summed E-state index contributed by atoms with van der Waals surface area (Å²) in [5.74, 6) is 0.574. The summed E-state index contributed by atoms with van der Waals surface area (Å²) in [6.45, 7) is 9.59. The predicted molar refractivity (Wildman–Crippen MR) is 240 cm³/mol. The van der Waals surface area contributed by atoms with E-state index in [1.54, 1.807) is 30.3 Å². The van der Waals surface area contributed by atoms with E-state index in [4.69, 9.17) is 15.2 Å². The van der Waals surface area contributed by atoms with E-state index in [0.717, 1.165) is 75.3 Å². The molecule has 0 bridgehead atoms. The van der Waals surface area contributed by atoms with Crippen molar-refractivity contribution in [3.63, 3.8) is 0 Å². The van der Waals surface area contributed by atoms with Gasteiger partial charge in [0.2, 0.25) is 17.7 Å². The Morgan fingerprint density at radius 1 is 0.730 bits per heavy atom. The lowest BCUT2D eigenvalue weighted by Crippen LogP contribution is -2.60. The first kappa shape index (κ1) is 45.4. The number of fused-ring (bicyclic) bond motifs is 6. The number of aryl methyl sites for hydroxylation is 2. The Labute approximate surface area is 371 Å². The number of phenols is 1. The second kappa shape index (κ2) is 18.6. The summed E-state index contributed by atoms with van der Waals surface area (Å²) in [5, 5.41) is 21.5. The van der Waals surface area contributed by atoms with E-state index in [1.807, 2.05) is 18.2 Å². The van der Waals surface area contributed by atoms with Crippen LogP contribution in [0.4, 0.5) is 15.3 Å². The molecule has 63 heavy (non-hydrogen) atoms. The smallest absolute Gasteiger partial charge is 0.407 e. The van der Waals surface area contributed by atoms with E-state index >= 15 is 0 Å². The number of hydrogen-bond donors (Lipinski definition) is 6. The fourth-order valence-corrected chi connectivity index (χ4v) is 12.0. The van der Waals surface area contributed by atoms with Crippen LogP contribution in [0.1, 0.15) is 126 Å². The minimum Gasteiger partial charge on any atom is -0.508 e. The summed E-state index contributed by atoms with van der Waals surface area (Å²) in [4.78, 5) is 64.5. The van der Waals surface area contributed by atoms with Crippen LogP contribution in [0.3, 0.4) is 0 Å². The van der Waals surface area contributed by atoms with Crippen LogP contribution < -0.4 is 31.7 Å². The normalized spacial score (nSPS) is 26.9. The number of carbonyl (C=O) groups excluding carboxylic acids is 5. The van der Waals surface area contributed by atoms with Crippen molar-refractivity contribution in [2.45, 2.75) is 129 Å². The number of benzene rings is 3. The number of aromatic hydroxyl groups is 1. The summed E-state index contributed by atoms with van der Waals surface area (Å²) in [6, 6.07) is 18.3. The standard InChI is InChI=1S/C50H65N5O8/c1-47-22-7-24-49(3,40(47)20-14-33-12-18-36(56)29-38(33)47)43(58)55-44(59)50(4)25-8-23-48(2)39-30-37(19-13-34(39)15-21-41(48)50)62-28-27-53-46(61)63-31-32-10-16-35(17-11-32)54-42(57)9-5-6-26-52-45(51)60/h10-13,16-19,29-30,40-41,56H,5-9,14-15,20-28,31H2,1-4H3,(H,53,61)(H,54,57)(H3,51,52,60)(H,55,58,59)/t40-,41-,47-,48-,49+,50+/m1/s1. The molecule has 6 atom stereocenters. The van der Waals surface area contributed by atoms with Gasteiger partial charge in [-0.3, -0.25) is 19.7 Å². The van der Waals surface area contributed by atoms with Gasteiger partial charge in [0.1, 0.15) is 24.7 Å². The molecule has 3 aromatic rings. The van der Waals surface area contributed by atoms with Gasteiger partial charge in [-0.2, -0.15) is 0 Å². The molecule has 13 heteroatoms. The van der Waals surface area contributed by atoms with Crippen LogP contribution in [0.2, 0.25) is 0 Å². The van der Waals surface area contributed by atoms with Crippen molar-refractivity contribution in [1.82, 2.24) is 16.0 Å². The Hall–Kier alpha value is -5.59. The summed E-state index contributed by atoms with van der Waals surface area (Å²) in [5.41, 5.74) is 9.28. The number of anilines is 1. The number of amides is 6. The van der Waals surface area contributed by atoms with Gasteiger partial charge in [0, 0.05) is 18.7 Å². The fourth-order valence-electron chi connectivity index (χ4n) is 12.0. The van der Waals surface area contributed by atoms with Gasteiger partial charge in [-0.25, -0.2) is 9.59 Å². The van der Waals surface area contributed by atoms with Crippen molar-refractivity contribution in [1.29, 1.82) is 0 Å². The van der Waals surface area contributed by atoms with Crippen LogP contribution in [0.5, 0.6) is 11.5 Å². The van der Waals surface area contributed by atoms with Crippen LogP contribution in [0.25, 0.3) is 0 Å². The molecule has 0 aromatic heterocycles. The van der Waals surface area contributed by atoms with E-state index in [9.17, 15) is 29.1 Å². The number of primary amides is 1. The molecule has 0 saturated heterocycles. The zero-order valence-electron chi connectivity index (χ0n) is 37.3. The van der Waals surface area contributed by atoms with Crippen LogP contribution >= 0.6 is 0 Å². The fraction of sp³-hybridized carbons (Fsp3) is 0.540. The molecule has 7 N–H and O–H groups in total. The number of nitrogens with two attached hydrogens (primary N) is 1. The van der Waals surface area contributed by atoms with Crippen molar-refractivity contribution in [2.75, 3.05) is 25.0 Å². The van der Waals surface area contributed by atoms with Gasteiger partial charge in [0.15, 0.2) is 0 Å². The lowest BCUT2D eigenvalue weighted by atomic mass is 9.49. The zero-order chi connectivity index (χ0) is 45.0. The molecular formula is C50H65N5O8. The number of carbonyl (C=O) groups is 5. The van der Waals surface area contributed by atoms with Crippen molar-refractivity contribution in [3.05, 3.63) is 88.5 Å². The zero-order valence-corrected chi connectivity index (χ0v) is 37.3. The third-order valence-corrected chi connectivity index (χ3v) is 15.3. The molecule has 0 aliphatic heterocycles. The topological polar surface area (TPSA) is 198 Å². The lowest BCUT2D eigenvalue weighted by molar-refractivity contribution is -0.150. The highest BCUT2D eigenvalue weighted by Gasteiger charge is 2.58. The average Bonchev–Trinajstić information content (AvgIpc) is 3.24. The summed E-state index contributed by atoms with van der Waals surface area (Å²) in [7, 11) is 0. The first-order valence-electron chi connectivity index (χ1n) is 22.8. The SMILES string of the molecule is C[C@]1(C(=O)NC(=O)[C@@]2(C)CCC[C@]3(C)c4cc(OCCNC(=O)OCc5ccc(NC(=O)CCCCNC(N)=O)cc5)ccc4CC[C@@H]23)CCC[C@]2(C)c3cc(O)ccc3CC[C@@H]12. The number of alkyl carbamates (subject to hydrolysis) is 1. The second-order valence-electron chi connectivity index (χ2n) is 19.3. The maximum Gasteiger partial charge on any atom is 0.407 e. The predicted octanol–water partition coefficient (Wildman–Crippen LogP) is 7.84. The molecule has 2 saturated carbocycles. The van der Waals surface area contributed by atoms with Gasteiger partial charge in [0.25, 0.3) is 0 Å². The van der Waals surface area contributed by atoms with Gasteiger partial charge >= 0.3 is 12.1 Å². The molecule has 0 heterocycles. The number of hydrogen-bond acceptors (Lipinski definition) is 8. The highest BCUT2D eigenvalue weighted by molar-refractivity contribution is 6.01. The molecule has 0 unspecified atom stereocenters. The third kappa shape index (κ3) is 9.53. The average molecular weight is 864 g/mol. The van der Waals surface area contributed by atoms with Crippen molar-refractivity contribution >= 4 is 35.5 Å². The minimum absolute atomic E-state index is 0.0316.